The van der Waals surface area contributed by atoms with Crippen LogP contribution in [-0.4, -0.2) is 10.1 Å². The Morgan fingerprint density at radius 3 is 2.53 bits per heavy atom. The summed E-state index contributed by atoms with van der Waals surface area (Å²) in [6, 6.07) is 16.7. The molecule has 0 amide bonds. The lowest BCUT2D eigenvalue weighted by Crippen LogP contribution is -1.78. The topological polar surface area (TPSA) is 57.8 Å². The predicted molar refractivity (Wildman–Crippen MR) is 74.0 cm³/mol. The molecule has 19 heavy (non-hydrogen) atoms. The van der Waals surface area contributed by atoms with E-state index in [9.17, 15) is 5.11 Å². The zero-order valence-electron chi connectivity index (χ0n) is 10.1. The minimum absolute atomic E-state index is 0.0535. The molecule has 2 aromatic carbocycles. The number of hydrogen-bond acceptors (Lipinski definition) is 4. The molecule has 3 rings (SSSR count). The van der Waals surface area contributed by atoms with E-state index in [4.69, 9.17) is 0 Å². The quantitative estimate of drug-likeness (QED) is 0.686. The summed E-state index contributed by atoms with van der Waals surface area (Å²) in [7, 11) is 0. The second-order valence-corrected chi connectivity index (χ2v) is 4.04. The van der Waals surface area contributed by atoms with Gasteiger partial charge in [0.2, 0.25) is 0 Å². The molecule has 0 aliphatic carbocycles. The highest BCUT2D eigenvalue weighted by Gasteiger charge is 2.06. The summed E-state index contributed by atoms with van der Waals surface area (Å²) in [5.41, 5.74) is 1.69. The van der Waals surface area contributed by atoms with Crippen LogP contribution < -0.4 is 0 Å². The molecule has 4 nitrogen and oxygen atoms in total. The van der Waals surface area contributed by atoms with Crippen molar-refractivity contribution in [2.45, 2.75) is 0 Å². The smallest absolute Gasteiger partial charge is 0.169 e. The van der Waals surface area contributed by atoms with E-state index < -0.39 is 0 Å². The van der Waals surface area contributed by atoms with E-state index in [1.807, 2.05) is 48.5 Å². The van der Waals surface area contributed by atoms with Crippen LogP contribution in [-0.2, 0) is 0 Å². The van der Waals surface area contributed by atoms with Gasteiger partial charge in [0.05, 0.1) is 5.69 Å². The Labute approximate surface area is 110 Å². The third-order valence-corrected chi connectivity index (χ3v) is 2.76. The Kier molecular flexibility index (Phi) is 2.90. The molecule has 0 radical (unpaired) electrons. The van der Waals surface area contributed by atoms with Gasteiger partial charge in [0.25, 0.3) is 0 Å². The number of benzene rings is 2. The molecule has 0 aliphatic heterocycles. The average Bonchev–Trinajstić information content (AvgIpc) is 2.48. The van der Waals surface area contributed by atoms with Crippen LogP contribution in [0.4, 0.5) is 11.4 Å². The van der Waals surface area contributed by atoms with E-state index in [-0.39, 0.29) is 5.75 Å². The van der Waals surface area contributed by atoms with Gasteiger partial charge in [-0.05, 0) is 24.3 Å². The molecule has 1 heterocycles. The van der Waals surface area contributed by atoms with Gasteiger partial charge in [-0.1, -0.05) is 30.3 Å². The molecule has 0 unspecified atom stereocenters. The summed E-state index contributed by atoms with van der Waals surface area (Å²) < 4.78 is 0. The van der Waals surface area contributed by atoms with Crippen molar-refractivity contribution in [2.75, 3.05) is 0 Å². The molecule has 1 N–H and O–H groups in total. The van der Waals surface area contributed by atoms with Gasteiger partial charge in [0.1, 0.15) is 11.2 Å². The Morgan fingerprint density at radius 1 is 0.842 bits per heavy atom. The Hall–Kier alpha value is -2.75. The van der Waals surface area contributed by atoms with Crippen molar-refractivity contribution in [2.24, 2.45) is 10.2 Å². The number of nitrogens with zero attached hydrogens (tertiary/aromatic N) is 3. The molecule has 4 heteroatoms. The van der Waals surface area contributed by atoms with Gasteiger partial charge in [-0.15, -0.1) is 5.11 Å². The van der Waals surface area contributed by atoms with Crippen LogP contribution in [0, 0.1) is 0 Å². The first-order chi connectivity index (χ1) is 9.34. The maximum atomic E-state index is 10.1. The molecule has 0 bridgehead atoms. The molecule has 0 atom stereocenters. The monoisotopic (exact) mass is 249 g/mol. The molecule has 0 fully saturated rings. The van der Waals surface area contributed by atoms with Crippen molar-refractivity contribution in [3.8, 4) is 5.75 Å². The van der Waals surface area contributed by atoms with Crippen LogP contribution in [0.2, 0.25) is 0 Å². The van der Waals surface area contributed by atoms with Gasteiger partial charge in [0.15, 0.2) is 5.75 Å². The lowest BCUT2D eigenvalue weighted by Gasteiger charge is -2.02. The van der Waals surface area contributed by atoms with Crippen molar-refractivity contribution < 1.29 is 5.11 Å². The molecular formula is C15H11N3O. The first-order valence-electron chi connectivity index (χ1n) is 5.88. The Bertz CT molecular complexity index is 739. The maximum Gasteiger partial charge on any atom is 0.169 e. The average molecular weight is 249 g/mol. The number of aromatic nitrogens is 1. The molecule has 3 aromatic rings. The molecule has 1 aromatic heterocycles. The number of azo groups is 1. The van der Waals surface area contributed by atoms with Crippen molar-refractivity contribution in [3.63, 3.8) is 0 Å². The summed E-state index contributed by atoms with van der Waals surface area (Å²) in [6.45, 7) is 0. The SMILES string of the molecule is Oc1c(N=Nc2ccccc2)ccc2cccnc12. The molecule has 92 valence electrons. The minimum atomic E-state index is 0.0535. The summed E-state index contributed by atoms with van der Waals surface area (Å²) >= 11 is 0. The van der Waals surface area contributed by atoms with E-state index in [1.165, 1.54) is 0 Å². The van der Waals surface area contributed by atoms with E-state index in [2.05, 4.69) is 15.2 Å². The van der Waals surface area contributed by atoms with E-state index in [0.29, 0.717) is 11.2 Å². The summed E-state index contributed by atoms with van der Waals surface area (Å²) in [5, 5.41) is 19.1. The fourth-order valence-electron chi connectivity index (χ4n) is 1.81. The van der Waals surface area contributed by atoms with Crippen LogP contribution >= 0.6 is 0 Å². The van der Waals surface area contributed by atoms with Crippen molar-refractivity contribution in [1.82, 2.24) is 4.98 Å². The number of rotatable bonds is 2. The molecule has 0 spiro atoms. The van der Waals surface area contributed by atoms with Gasteiger partial charge in [-0.25, -0.2) is 0 Å². The van der Waals surface area contributed by atoms with E-state index in [0.717, 1.165) is 11.1 Å². The number of phenols is 1. The normalized spacial score (nSPS) is 11.2. The highest BCUT2D eigenvalue weighted by atomic mass is 16.3. The standard InChI is InChI=1S/C15H11N3O/c19-15-13(18-17-12-6-2-1-3-7-12)9-8-11-5-4-10-16-14(11)15/h1-10,19H. The van der Waals surface area contributed by atoms with Crippen LogP contribution in [0.5, 0.6) is 5.75 Å². The number of hydrogen-bond donors (Lipinski definition) is 1. The van der Waals surface area contributed by atoms with Gasteiger partial charge in [-0.2, -0.15) is 5.11 Å². The third-order valence-electron chi connectivity index (χ3n) is 2.76. The lowest BCUT2D eigenvalue weighted by molar-refractivity contribution is 0.481. The highest BCUT2D eigenvalue weighted by molar-refractivity contribution is 5.88. The molecule has 0 aliphatic rings. The summed E-state index contributed by atoms with van der Waals surface area (Å²) in [6.07, 6.45) is 1.64. The third kappa shape index (κ3) is 2.28. The van der Waals surface area contributed by atoms with Crippen LogP contribution in [0.25, 0.3) is 10.9 Å². The van der Waals surface area contributed by atoms with Crippen molar-refractivity contribution in [3.05, 3.63) is 60.8 Å². The number of pyridine rings is 1. The maximum absolute atomic E-state index is 10.1. The van der Waals surface area contributed by atoms with Crippen molar-refractivity contribution in [1.29, 1.82) is 0 Å². The summed E-state index contributed by atoms with van der Waals surface area (Å²) in [5.74, 6) is 0.0535. The zero-order valence-corrected chi connectivity index (χ0v) is 10.1. The van der Waals surface area contributed by atoms with Gasteiger partial charge in [0, 0.05) is 11.6 Å². The van der Waals surface area contributed by atoms with E-state index >= 15 is 0 Å². The van der Waals surface area contributed by atoms with Crippen molar-refractivity contribution >= 4 is 22.3 Å². The van der Waals surface area contributed by atoms with Gasteiger partial charge >= 0.3 is 0 Å². The molecule has 0 saturated heterocycles. The lowest BCUT2D eigenvalue weighted by atomic mass is 10.2. The molecule has 0 saturated carbocycles. The number of phenolic OH excluding ortho intramolecular Hbond substituents is 1. The zero-order chi connectivity index (χ0) is 13.1. The van der Waals surface area contributed by atoms with Crippen LogP contribution in [0.3, 0.4) is 0 Å². The fourth-order valence-corrected chi connectivity index (χ4v) is 1.81. The van der Waals surface area contributed by atoms with E-state index in [1.54, 1.807) is 12.3 Å². The Balaban J connectivity index is 2.02. The second kappa shape index (κ2) is 4.86. The largest absolute Gasteiger partial charge is 0.504 e. The summed E-state index contributed by atoms with van der Waals surface area (Å²) in [4.78, 5) is 4.14. The number of fused-ring (bicyclic) bond motifs is 1. The van der Waals surface area contributed by atoms with Gasteiger partial charge < -0.3 is 5.11 Å². The first kappa shape index (κ1) is 11.3. The van der Waals surface area contributed by atoms with Crippen LogP contribution in [0.15, 0.2) is 71.0 Å². The highest BCUT2D eigenvalue weighted by Crippen LogP contribution is 2.33. The number of aromatic hydroxyl groups is 1. The van der Waals surface area contributed by atoms with Gasteiger partial charge in [-0.3, -0.25) is 4.98 Å². The Morgan fingerprint density at radius 2 is 1.68 bits per heavy atom. The fraction of sp³-hybridized carbons (Fsp3) is 0. The second-order valence-electron chi connectivity index (χ2n) is 4.04. The minimum Gasteiger partial charge on any atom is -0.504 e. The first-order valence-corrected chi connectivity index (χ1v) is 5.88. The van der Waals surface area contributed by atoms with Crippen LogP contribution in [0.1, 0.15) is 0 Å². The molecular weight excluding hydrogens is 238 g/mol. The predicted octanol–water partition coefficient (Wildman–Crippen LogP) is 4.36.